The lowest BCUT2D eigenvalue weighted by Gasteiger charge is -2.41. The summed E-state index contributed by atoms with van der Waals surface area (Å²) >= 11 is 0. The maximum absolute atomic E-state index is 2.50. The van der Waals surface area contributed by atoms with Gasteiger partial charge in [0.1, 0.15) is 0 Å². The van der Waals surface area contributed by atoms with Gasteiger partial charge in [-0.25, -0.2) is 0 Å². The van der Waals surface area contributed by atoms with Gasteiger partial charge in [0.05, 0.1) is 0 Å². The van der Waals surface area contributed by atoms with Crippen LogP contribution in [0.4, 0.5) is 0 Å². The standard InChI is InChI=1S/C15H32/c1-11(2)9-15(8,10-12(3)4)14(7)13(5)6/h11-14H,9-10H2,1-8H3. The van der Waals surface area contributed by atoms with Gasteiger partial charge < -0.3 is 0 Å². The van der Waals surface area contributed by atoms with Gasteiger partial charge in [-0.2, -0.15) is 0 Å². The normalized spacial score (nSPS) is 15.4. The minimum absolute atomic E-state index is 0.524. The molecule has 92 valence electrons. The predicted molar refractivity (Wildman–Crippen MR) is 71.0 cm³/mol. The molecule has 0 aliphatic heterocycles. The lowest BCUT2D eigenvalue weighted by atomic mass is 9.65. The van der Waals surface area contributed by atoms with Crippen molar-refractivity contribution >= 4 is 0 Å². The number of hydrogen-bond donors (Lipinski definition) is 0. The molecule has 15 heavy (non-hydrogen) atoms. The Balaban J connectivity index is 4.67. The van der Waals surface area contributed by atoms with E-state index < -0.39 is 0 Å². The lowest BCUT2D eigenvalue weighted by molar-refractivity contribution is 0.0912. The van der Waals surface area contributed by atoms with Crippen molar-refractivity contribution < 1.29 is 0 Å². The molecule has 0 aromatic carbocycles. The zero-order valence-electron chi connectivity index (χ0n) is 12.2. The van der Waals surface area contributed by atoms with Crippen molar-refractivity contribution in [2.75, 3.05) is 0 Å². The molecule has 0 bridgehead atoms. The van der Waals surface area contributed by atoms with Crippen molar-refractivity contribution in [3.05, 3.63) is 0 Å². The van der Waals surface area contributed by atoms with Gasteiger partial charge in [0.25, 0.3) is 0 Å². The van der Waals surface area contributed by atoms with Crippen LogP contribution in [-0.2, 0) is 0 Å². The molecule has 0 fully saturated rings. The monoisotopic (exact) mass is 212 g/mol. The van der Waals surface area contributed by atoms with Gasteiger partial charge in [-0.3, -0.25) is 0 Å². The highest BCUT2D eigenvalue weighted by atomic mass is 14.4. The van der Waals surface area contributed by atoms with E-state index in [0.29, 0.717) is 5.41 Å². The minimum Gasteiger partial charge on any atom is -0.0628 e. The Bertz CT molecular complexity index is 155. The quantitative estimate of drug-likeness (QED) is 0.554. The van der Waals surface area contributed by atoms with E-state index in [0.717, 1.165) is 23.7 Å². The molecule has 0 saturated heterocycles. The zero-order chi connectivity index (χ0) is 12.2. The van der Waals surface area contributed by atoms with Gasteiger partial charge in [-0.15, -0.1) is 0 Å². The van der Waals surface area contributed by atoms with E-state index in [-0.39, 0.29) is 0 Å². The third-order valence-electron chi connectivity index (χ3n) is 3.85. The first-order chi connectivity index (χ1) is 6.69. The highest BCUT2D eigenvalue weighted by molar-refractivity contribution is 4.83. The summed E-state index contributed by atoms with van der Waals surface area (Å²) in [5.74, 6) is 3.25. The summed E-state index contributed by atoms with van der Waals surface area (Å²) in [4.78, 5) is 0. The van der Waals surface area contributed by atoms with Crippen molar-refractivity contribution in [1.82, 2.24) is 0 Å². The molecular weight excluding hydrogens is 180 g/mol. The highest BCUT2D eigenvalue weighted by Gasteiger charge is 2.33. The van der Waals surface area contributed by atoms with E-state index in [2.05, 4.69) is 55.4 Å². The van der Waals surface area contributed by atoms with Crippen molar-refractivity contribution in [3.63, 3.8) is 0 Å². The van der Waals surface area contributed by atoms with Gasteiger partial charge in [0.15, 0.2) is 0 Å². The third kappa shape index (κ3) is 5.04. The second-order valence-electron chi connectivity index (χ2n) is 6.88. The highest BCUT2D eigenvalue weighted by Crippen LogP contribution is 2.43. The second kappa shape index (κ2) is 5.92. The second-order valence-corrected chi connectivity index (χ2v) is 6.88. The summed E-state index contributed by atoms with van der Waals surface area (Å²) < 4.78 is 0. The molecule has 0 amide bonds. The van der Waals surface area contributed by atoms with Crippen LogP contribution in [0, 0.1) is 29.1 Å². The maximum Gasteiger partial charge on any atom is -0.0293 e. The Morgan fingerprint density at radius 2 is 1.07 bits per heavy atom. The maximum atomic E-state index is 2.50. The fourth-order valence-corrected chi connectivity index (χ4v) is 3.13. The molecule has 0 rings (SSSR count). The first kappa shape index (κ1) is 15.0. The molecular formula is C15H32. The van der Waals surface area contributed by atoms with Crippen LogP contribution >= 0.6 is 0 Å². The smallest absolute Gasteiger partial charge is 0.0293 e. The Kier molecular flexibility index (Phi) is 5.92. The lowest BCUT2D eigenvalue weighted by Crippen LogP contribution is -2.32. The largest absolute Gasteiger partial charge is 0.0628 e. The minimum atomic E-state index is 0.524. The molecule has 0 radical (unpaired) electrons. The SMILES string of the molecule is CC(C)CC(C)(CC(C)C)C(C)C(C)C. The van der Waals surface area contributed by atoms with Crippen LogP contribution in [0.5, 0.6) is 0 Å². The van der Waals surface area contributed by atoms with Gasteiger partial charge >= 0.3 is 0 Å². The van der Waals surface area contributed by atoms with Crippen LogP contribution in [0.3, 0.4) is 0 Å². The molecule has 1 atom stereocenters. The Hall–Kier alpha value is 0. The van der Waals surface area contributed by atoms with E-state index in [9.17, 15) is 0 Å². The van der Waals surface area contributed by atoms with Crippen LogP contribution in [0.1, 0.15) is 68.2 Å². The zero-order valence-corrected chi connectivity index (χ0v) is 12.2. The van der Waals surface area contributed by atoms with Crippen molar-refractivity contribution in [2.45, 2.75) is 68.2 Å². The Labute approximate surface area is 97.8 Å². The van der Waals surface area contributed by atoms with E-state index in [1.54, 1.807) is 0 Å². The molecule has 0 nitrogen and oxygen atoms in total. The van der Waals surface area contributed by atoms with E-state index in [4.69, 9.17) is 0 Å². The van der Waals surface area contributed by atoms with Crippen LogP contribution < -0.4 is 0 Å². The van der Waals surface area contributed by atoms with Gasteiger partial charge in [-0.1, -0.05) is 55.4 Å². The van der Waals surface area contributed by atoms with Gasteiger partial charge in [-0.05, 0) is 41.9 Å². The van der Waals surface area contributed by atoms with E-state index in [1.165, 1.54) is 12.8 Å². The van der Waals surface area contributed by atoms with Crippen LogP contribution in [-0.4, -0.2) is 0 Å². The van der Waals surface area contributed by atoms with Crippen LogP contribution in [0.15, 0.2) is 0 Å². The van der Waals surface area contributed by atoms with Crippen molar-refractivity contribution in [1.29, 1.82) is 0 Å². The van der Waals surface area contributed by atoms with Crippen LogP contribution in [0.25, 0.3) is 0 Å². The summed E-state index contributed by atoms with van der Waals surface area (Å²) in [6, 6.07) is 0. The summed E-state index contributed by atoms with van der Waals surface area (Å²) in [5, 5.41) is 0. The van der Waals surface area contributed by atoms with E-state index in [1.807, 2.05) is 0 Å². The Morgan fingerprint density at radius 3 is 1.27 bits per heavy atom. The Morgan fingerprint density at radius 1 is 0.733 bits per heavy atom. The van der Waals surface area contributed by atoms with Gasteiger partial charge in [0.2, 0.25) is 0 Å². The van der Waals surface area contributed by atoms with Crippen molar-refractivity contribution in [3.8, 4) is 0 Å². The molecule has 0 spiro atoms. The number of hydrogen-bond acceptors (Lipinski definition) is 0. The molecule has 0 aliphatic rings. The van der Waals surface area contributed by atoms with Crippen LogP contribution in [0.2, 0.25) is 0 Å². The molecule has 0 saturated carbocycles. The summed E-state index contributed by atoms with van der Waals surface area (Å²) in [6.07, 6.45) is 2.73. The molecule has 0 heteroatoms. The summed E-state index contributed by atoms with van der Waals surface area (Å²) in [5.41, 5.74) is 0.524. The average Bonchev–Trinajstić information content (AvgIpc) is 1.99. The molecule has 0 heterocycles. The topological polar surface area (TPSA) is 0 Å². The summed E-state index contributed by atoms with van der Waals surface area (Å²) in [6.45, 7) is 19.1. The molecule has 0 N–H and O–H groups in total. The van der Waals surface area contributed by atoms with E-state index >= 15 is 0 Å². The number of rotatable bonds is 6. The molecule has 0 aliphatic carbocycles. The predicted octanol–water partition coefficient (Wildman–Crippen LogP) is 5.38. The molecule has 1 unspecified atom stereocenters. The van der Waals surface area contributed by atoms with Gasteiger partial charge in [0, 0.05) is 0 Å². The van der Waals surface area contributed by atoms with Crippen molar-refractivity contribution in [2.24, 2.45) is 29.1 Å². The average molecular weight is 212 g/mol. The summed E-state index contributed by atoms with van der Waals surface area (Å²) in [7, 11) is 0. The molecule has 0 aromatic rings. The third-order valence-corrected chi connectivity index (χ3v) is 3.85. The fraction of sp³-hybridized carbons (Fsp3) is 1.00. The fourth-order valence-electron chi connectivity index (χ4n) is 3.13. The first-order valence-corrected chi connectivity index (χ1v) is 6.69. The first-order valence-electron chi connectivity index (χ1n) is 6.69. The molecule has 0 aromatic heterocycles.